The SMILES string of the molecule is O=C(NNC(=O)[C@@H]1CS[C@@]2(c3ccccc3)CCC(=O)N12)c1cc2c(s1)CCCC2. The average Bonchev–Trinajstić information content (AvgIpc) is 3.46. The summed E-state index contributed by atoms with van der Waals surface area (Å²) in [6.45, 7) is 0. The van der Waals surface area contributed by atoms with Crippen molar-refractivity contribution in [2.24, 2.45) is 0 Å². The predicted molar refractivity (Wildman–Crippen MR) is 117 cm³/mol. The van der Waals surface area contributed by atoms with Gasteiger partial charge in [-0.05, 0) is 49.3 Å². The monoisotopic (exact) mass is 441 g/mol. The van der Waals surface area contributed by atoms with E-state index in [2.05, 4.69) is 10.9 Å². The number of rotatable bonds is 3. The summed E-state index contributed by atoms with van der Waals surface area (Å²) in [7, 11) is 0. The maximum atomic E-state index is 12.9. The molecule has 2 fully saturated rings. The molecule has 0 spiro atoms. The van der Waals surface area contributed by atoms with Crippen LogP contribution in [0.5, 0.6) is 0 Å². The Labute approximate surface area is 183 Å². The Hall–Kier alpha value is -2.32. The van der Waals surface area contributed by atoms with Crippen molar-refractivity contribution in [2.75, 3.05) is 5.75 Å². The molecule has 6 nitrogen and oxygen atoms in total. The fourth-order valence-electron chi connectivity index (χ4n) is 4.70. The number of nitrogens with zero attached hydrogens (tertiary/aromatic N) is 1. The fourth-order valence-corrected chi connectivity index (χ4v) is 7.50. The van der Waals surface area contributed by atoms with Gasteiger partial charge in [-0.3, -0.25) is 25.2 Å². The van der Waals surface area contributed by atoms with Gasteiger partial charge in [0.2, 0.25) is 5.91 Å². The van der Waals surface area contributed by atoms with E-state index in [1.165, 1.54) is 21.8 Å². The van der Waals surface area contributed by atoms with Crippen LogP contribution >= 0.6 is 23.1 Å². The lowest BCUT2D eigenvalue weighted by molar-refractivity contribution is -0.138. The van der Waals surface area contributed by atoms with Crippen LogP contribution in [-0.2, 0) is 27.3 Å². The number of nitrogens with one attached hydrogen (secondary N) is 2. The van der Waals surface area contributed by atoms with Crippen molar-refractivity contribution >= 4 is 40.8 Å². The average molecular weight is 442 g/mol. The number of fused-ring (bicyclic) bond motifs is 2. The van der Waals surface area contributed by atoms with E-state index in [1.54, 1.807) is 16.7 Å². The summed E-state index contributed by atoms with van der Waals surface area (Å²) >= 11 is 3.14. The van der Waals surface area contributed by atoms with Crippen molar-refractivity contribution < 1.29 is 14.4 Å². The van der Waals surface area contributed by atoms with Gasteiger partial charge in [-0.15, -0.1) is 23.1 Å². The van der Waals surface area contributed by atoms with Gasteiger partial charge in [0.15, 0.2) is 0 Å². The number of hydrogen-bond donors (Lipinski definition) is 2. The highest BCUT2D eigenvalue weighted by Crippen LogP contribution is 2.54. The fraction of sp³-hybridized carbons (Fsp3) is 0.409. The van der Waals surface area contributed by atoms with E-state index in [1.807, 2.05) is 36.4 Å². The second-order valence-electron chi connectivity index (χ2n) is 7.95. The molecule has 2 saturated heterocycles. The standard InChI is InChI=1S/C22H23N3O3S2/c26-19-10-11-22(15-7-2-1-3-8-15)25(19)16(13-29-22)20(27)23-24-21(28)18-12-14-6-4-5-9-17(14)30-18/h1-3,7-8,12,16H,4-6,9-11,13H2,(H,23,27)(H,24,28)/t16-,22+/m0/s1. The van der Waals surface area contributed by atoms with Crippen LogP contribution in [0.15, 0.2) is 36.4 Å². The van der Waals surface area contributed by atoms with E-state index in [0.29, 0.717) is 23.5 Å². The summed E-state index contributed by atoms with van der Waals surface area (Å²) in [6.07, 6.45) is 5.49. The van der Waals surface area contributed by atoms with Gasteiger partial charge in [0, 0.05) is 17.1 Å². The van der Waals surface area contributed by atoms with E-state index in [-0.39, 0.29) is 17.7 Å². The molecule has 1 aromatic heterocycles. The van der Waals surface area contributed by atoms with E-state index in [9.17, 15) is 14.4 Å². The minimum atomic E-state index is -0.595. The van der Waals surface area contributed by atoms with Gasteiger partial charge >= 0.3 is 0 Å². The van der Waals surface area contributed by atoms with Crippen LogP contribution in [0.25, 0.3) is 0 Å². The Morgan fingerprint density at radius 3 is 2.67 bits per heavy atom. The Morgan fingerprint density at radius 1 is 1.07 bits per heavy atom. The van der Waals surface area contributed by atoms with Crippen LogP contribution in [-0.4, -0.2) is 34.4 Å². The van der Waals surface area contributed by atoms with E-state index >= 15 is 0 Å². The number of thioether (sulfide) groups is 1. The molecule has 8 heteroatoms. The molecule has 0 saturated carbocycles. The van der Waals surface area contributed by atoms with Crippen LogP contribution in [0.3, 0.4) is 0 Å². The molecule has 5 rings (SSSR count). The minimum Gasteiger partial charge on any atom is -0.311 e. The van der Waals surface area contributed by atoms with Crippen molar-refractivity contribution in [3.63, 3.8) is 0 Å². The Kier molecular flexibility index (Phi) is 5.06. The van der Waals surface area contributed by atoms with Gasteiger partial charge in [-0.2, -0.15) is 0 Å². The number of carbonyl (C=O) groups excluding carboxylic acids is 3. The lowest BCUT2D eigenvalue weighted by Gasteiger charge is -2.33. The van der Waals surface area contributed by atoms with Crippen molar-refractivity contribution in [3.05, 3.63) is 57.3 Å². The molecule has 2 aliphatic heterocycles. The first-order chi connectivity index (χ1) is 14.6. The predicted octanol–water partition coefficient (Wildman–Crippen LogP) is 2.98. The summed E-state index contributed by atoms with van der Waals surface area (Å²) in [6, 6.07) is 11.2. The maximum absolute atomic E-state index is 12.9. The highest BCUT2D eigenvalue weighted by atomic mass is 32.2. The van der Waals surface area contributed by atoms with E-state index in [4.69, 9.17) is 0 Å². The molecule has 0 unspecified atom stereocenters. The number of benzene rings is 1. The molecule has 3 heterocycles. The topological polar surface area (TPSA) is 78.5 Å². The third-order valence-corrected chi connectivity index (χ3v) is 9.01. The van der Waals surface area contributed by atoms with Crippen LogP contribution in [0.1, 0.15) is 51.4 Å². The zero-order valence-electron chi connectivity index (χ0n) is 16.5. The molecule has 0 bridgehead atoms. The number of amides is 3. The minimum absolute atomic E-state index is 0.0127. The van der Waals surface area contributed by atoms with Crippen molar-refractivity contribution in [1.82, 2.24) is 15.8 Å². The second kappa shape index (κ2) is 7.74. The second-order valence-corrected chi connectivity index (χ2v) is 10.4. The van der Waals surface area contributed by atoms with Crippen molar-refractivity contribution in [1.29, 1.82) is 0 Å². The third-order valence-electron chi connectivity index (χ3n) is 6.17. The van der Waals surface area contributed by atoms with Crippen LogP contribution in [0.2, 0.25) is 0 Å². The zero-order chi connectivity index (χ0) is 20.7. The summed E-state index contributed by atoms with van der Waals surface area (Å²) < 4.78 is 0. The quantitative estimate of drug-likeness (QED) is 0.718. The maximum Gasteiger partial charge on any atom is 0.279 e. The van der Waals surface area contributed by atoms with Crippen LogP contribution < -0.4 is 10.9 Å². The molecular weight excluding hydrogens is 418 g/mol. The number of aryl methyl sites for hydroxylation is 2. The van der Waals surface area contributed by atoms with Crippen LogP contribution in [0.4, 0.5) is 0 Å². The lowest BCUT2D eigenvalue weighted by atomic mass is 9.99. The van der Waals surface area contributed by atoms with Gasteiger partial charge in [-0.1, -0.05) is 30.3 Å². The Balaban J connectivity index is 1.28. The molecule has 2 atom stereocenters. The molecule has 2 aromatic rings. The number of thiophene rings is 1. The Bertz CT molecular complexity index is 983. The third kappa shape index (κ3) is 3.22. The van der Waals surface area contributed by atoms with Gasteiger partial charge in [0.1, 0.15) is 10.9 Å². The molecule has 156 valence electrons. The number of hydrazine groups is 1. The molecule has 1 aromatic carbocycles. The molecule has 0 radical (unpaired) electrons. The lowest BCUT2D eigenvalue weighted by Crippen LogP contribution is -2.54. The van der Waals surface area contributed by atoms with Crippen molar-refractivity contribution in [2.45, 2.75) is 49.4 Å². The number of hydrogen-bond acceptors (Lipinski definition) is 5. The van der Waals surface area contributed by atoms with Crippen LogP contribution in [0, 0.1) is 0 Å². The highest BCUT2D eigenvalue weighted by molar-refractivity contribution is 8.00. The van der Waals surface area contributed by atoms with Gasteiger partial charge in [0.05, 0.1) is 4.88 Å². The molecule has 3 aliphatic rings. The normalized spacial score (nSPS) is 25.0. The Morgan fingerprint density at radius 2 is 1.87 bits per heavy atom. The van der Waals surface area contributed by atoms with Gasteiger partial charge < -0.3 is 4.90 Å². The van der Waals surface area contributed by atoms with Gasteiger partial charge in [0.25, 0.3) is 11.8 Å². The van der Waals surface area contributed by atoms with Crippen molar-refractivity contribution in [3.8, 4) is 0 Å². The molecular formula is C22H23N3O3S2. The molecule has 3 amide bonds. The molecule has 30 heavy (non-hydrogen) atoms. The van der Waals surface area contributed by atoms with E-state index in [0.717, 1.165) is 31.2 Å². The first-order valence-corrected chi connectivity index (χ1v) is 12.1. The summed E-state index contributed by atoms with van der Waals surface area (Å²) in [5, 5.41) is 0. The molecule has 2 N–H and O–H groups in total. The zero-order valence-corrected chi connectivity index (χ0v) is 18.1. The first-order valence-electron chi connectivity index (χ1n) is 10.3. The van der Waals surface area contributed by atoms with E-state index < -0.39 is 10.9 Å². The first kappa shape index (κ1) is 19.6. The summed E-state index contributed by atoms with van der Waals surface area (Å²) in [5.41, 5.74) is 7.42. The summed E-state index contributed by atoms with van der Waals surface area (Å²) in [4.78, 5) is 41.3. The largest absolute Gasteiger partial charge is 0.311 e. The number of carbonyl (C=O) groups is 3. The smallest absolute Gasteiger partial charge is 0.279 e. The molecule has 1 aliphatic carbocycles. The van der Waals surface area contributed by atoms with Gasteiger partial charge in [-0.25, -0.2) is 0 Å². The highest BCUT2D eigenvalue weighted by Gasteiger charge is 2.56. The summed E-state index contributed by atoms with van der Waals surface area (Å²) in [5.74, 6) is -0.141.